The van der Waals surface area contributed by atoms with E-state index in [2.05, 4.69) is 5.32 Å². The molecule has 0 aliphatic rings. The molecular formula is C10H20N4O3. The summed E-state index contributed by atoms with van der Waals surface area (Å²) in [7, 11) is 0. The van der Waals surface area contributed by atoms with Gasteiger partial charge >= 0.3 is 0 Å². The van der Waals surface area contributed by atoms with Gasteiger partial charge in [0.1, 0.15) is 5.60 Å². The first kappa shape index (κ1) is 15.4. The Labute approximate surface area is 100 Å². The molecule has 0 rings (SSSR count). The van der Waals surface area contributed by atoms with Crippen molar-refractivity contribution in [3.63, 3.8) is 0 Å². The van der Waals surface area contributed by atoms with Crippen molar-refractivity contribution in [3.05, 3.63) is 0 Å². The van der Waals surface area contributed by atoms with E-state index in [-0.39, 0.29) is 18.9 Å². The van der Waals surface area contributed by atoms with Crippen molar-refractivity contribution in [1.29, 1.82) is 5.41 Å². The van der Waals surface area contributed by atoms with Crippen molar-refractivity contribution in [2.75, 3.05) is 6.54 Å². The molecule has 0 heterocycles. The third kappa shape index (κ3) is 8.21. The molecule has 0 aliphatic carbocycles. The zero-order chi connectivity index (χ0) is 13.6. The molecule has 0 spiro atoms. The lowest BCUT2D eigenvalue weighted by Crippen LogP contribution is -2.42. The van der Waals surface area contributed by atoms with Crippen LogP contribution in [-0.4, -0.2) is 35.9 Å². The van der Waals surface area contributed by atoms with E-state index in [1.54, 1.807) is 20.8 Å². The second kappa shape index (κ2) is 6.19. The van der Waals surface area contributed by atoms with Crippen molar-refractivity contribution in [2.24, 2.45) is 11.5 Å². The first-order valence-corrected chi connectivity index (χ1v) is 5.20. The molecule has 0 aromatic heterocycles. The van der Waals surface area contributed by atoms with Gasteiger partial charge in [-0.3, -0.25) is 15.0 Å². The summed E-state index contributed by atoms with van der Waals surface area (Å²) in [5.74, 6) is -1.24. The van der Waals surface area contributed by atoms with Crippen LogP contribution in [0.3, 0.4) is 0 Å². The largest absolute Gasteiger partial charge is 0.474 e. The van der Waals surface area contributed by atoms with Gasteiger partial charge in [-0.25, -0.2) is 0 Å². The van der Waals surface area contributed by atoms with Gasteiger partial charge in [-0.1, -0.05) is 0 Å². The van der Waals surface area contributed by atoms with Gasteiger partial charge in [-0.15, -0.1) is 0 Å². The molecule has 7 heteroatoms. The summed E-state index contributed by atoms with van der Waals surface area (Å²) in [6.07, 6.45) is -0.196. The van der Waals surface area contributed by atoms with E-state index in [0.717, 1.165) is 0 Å². The standard InChI is InChI=1S/C10H20N4O3/c1-10(2,3)17-7(12)5-14-8(15)4-6(11)9(13)16/h6,12H,4-5,11H2,1-3H3,(H2,13,16)(H,14,15)/t6-/m0/s1. The zero-order valence-corrected chi connectivity index (χ0v) is 10.4. The van der Waals surface area contributed by atoms with Gasteiger partial charge in [0.25, 0.3) is 0 Å². The summed E-state index contributed by atoms with van der Waals surface area (Å²) >= 11 is 0. The number of amides is 2. The third-order valence-corrected chi connectivity index (χ3v) is 1.65. The Bertz CT molecular complexity index is 309. The van der Waals surface area contributed by atoms with Crippen LogP contribution in [0.15, 0.2) is 0 Å². The molecule has 0 radical (unpaired) electrons. The molecule has 0 saturated carbocycles. The van der Waals surface area contributed by atoms with E-state index in [1.165, 1.54) is 0 Å². The molecule has 0 fully saturated rings. The van der Waals surface area contributed by atoms with Crippen LogP contribution in [0.2, 0.25) is 0 Å². The normalized spacial score (nSPS) is 12.7. The van der Waals surface area contributed by atoms with Crippen molar-refractivity contribution in [1.82, 2.24) is 5.32 Å². The number of ether oxygens (including phenoxy) is 1. The van der Waals surface area contributed by atoms with Crippen molar-refractivity contribution in [3.8, 4) is 0 Å². The number of rotatable bonds is 5. The molecule has 17 heavy (non-hydrogen) atoms. The average Bonchev–Trinajstić information content (AvgIpc) is 2.11. The highest BCUT2D eigenvalue weighted by molar-refractivity contribution is 5.88. The van der Waals surface area contributed by atoms with E-state index in [1.807, 2.05) is 0 Å². The second-order valence-corrected chi connectivity index (χ2v) is 4.63. The first-order chi connectivity index (χ1) is 7.61. The number of carbonyl (C=O) groups excluding carboxylic acids is 2. The Hall–Kier alpha value is -1.63. The lowest BCUT2D eigenvalue weighted by Gasteiger charge is -2.21. The molecule has 0 aliphatic heterocycles. The van der Waals surface area contributed by atoms with Gasteiger partial charge in [-0.05, 0) is 20.8 Å². The first-order valence-electron chi connectivity index (χ1n) is 5.20. The fraction of sp³-hybridized carbons (Fsp3) is 0.700. The summed E-state index contributed by atoms with van der Waals surface area (Å²) in [4.78, 5) is 21.9. The average molecular weight is 244 g/mol. The van der Waals surface area contributed by atoms with Gasteiger partial charge < -0.3 is 21.5 Å². The van der Waals surface area contributed by atoms with Crippen LogP contribution < -0.4 is 16.8 Å². The van der Waals surface area contributed by atoms with Crippen LogP contribution in [0, 0.1) is 5.41 Å². The number of nitrogens with one attached hydrogen (secondary N) is 2. The molecule has 6 N–H and O–H groups in total. The minimum absolute atomic E-state index is 0.0401. The molecule has 2 amide bonds. The predicted molar refractivity (Wildman–Crippen MR) is 63.4 cm³/mol. The Kier molecular flexibility index (Phi) is 5.60. The summed E-state index contributed by atoms with van der Waals surface area (Å²) in [6.45, 7) is 5.35. The second-order valence-electron chi connectivity index (χ2n) is 4.63. The van der Waals surface area contributed by atoms with Gasteiger partial charge in [0.15, 0.2) is 0 Å². The Morgan fingerprint density at radius 1 is 1.41 bits per heavy atom. The minimum atomic E-state index is -1.01. The lowest BCUT2D eigenvalue weighted by molar-refractivity contribution is -0.125. The fourth-order valence-electron chi connectivity index (χ4n) is 0.957. The smallest absolute Gasteiger partial charge is 0.234 e. The van der Waals surface area contributed by atoms with Crippen LogP contribution in [0.5, 0.6) is 0 Å². The van der Waals surface area contributed by atoms with Crippen molar-refractivity contribution >= 4 is 17.7 Å². The van der Waals surface area contributed by atoms with Gasteiger partial charge in [-0.2, -0.15) is 0 Å². The summed E-state index contributed by atoms with van der Waals surface area (Å²) < 4.78 is 5.19. The molecule has 1 atom stereocenters. The maximum atomic E-state index is 11.3. The molecule has 0 unspecified atom stereocenters. The maximum Gasteiger partial charge on any atom is 0.234 e. The number of hydrogen-bond donors (Lipinski definition) is 4. The fourth-order valence-corrected chi connectivity index (χ4v) is 0.957. The predicted octanol–water partition coefficient (Wildman–Crippen LogP) is -0.902. The van der Waals surface area contributed by atoms with Crippen molar-refractivity contribution in [2.45, 2.75) is 38.8 Å². The SMILES string of the molecule is CC(C)(C)OC(=N)CNC(=O)C[C@H](N)C(N)=O. The Balaban J connectivity index is 3.93. The van der Waals surface area contributed by atoms with Crippen LogP contribution in [0.25, 0.3) is 0 Å². The number of nitrogens with two attached hydrogens (primary N) is 2. The lowest BCUT2D eigenvalue weighted by atomic mass is 10.2. The molecular weight excluding hydrogens is 224 g/mol. The van der Waals surface area contributed by atoms with E-state index in [4.69, 9.17) is 21.6 Å². The highest BCUT2D eigenvalue weighted by atomic mass is 16.5. The molecule has 0 bridgehead atoms. The minimum Gasteiger partial charge on any atom is -0.474 e. The van der Waals surface area contributed by atoms with Gasteiger partial charge in [0.2, 0.25) is 17.7 Å². The van der Waals surface area contributed by atoms with Crippen LogP contribution in [-0.2, 0) is 14.3 Å². The highest BCUT2D eigenvalue weighted by Gasteiger charge is 2.16. The van der Waals surface area contributed by atoms with E-state index in [0.29, 0.717) is 0 Å². The molecule has 0 aromatic rings. The highest BCUT2D eigenvalue weighted by Crippen LogP contribution is 2.06. The monoisotopic (exact) mass is 244 g/mol. The van der Waals surface area contributed by atoms with E-state index in [9.17, 15) is 9.59 Å². The van der Waals surface area contributed by atoms with Gasteiger partial charge in [0, 0.05) is 0 Å². The van der Waals surface area contributed by atoms with Crippen LogP contribution in [0.1, 0.15) is 27.2 Å². The molecule has 0 saturated heterocycles. The third-order valence-electron chi connectivity index (χ3n) is 1.65. The zero-order valence-electron chi connectivity index (χ0n) is 10.4. The summed E-state index contributed by atoms with van der Waals surface area (Å²) in [5.41, 5.74) is 9.74. The van der Waals surface area contributed by atoms with Crippen molar-refractivity contribution < 1.29 is 14.3 Å². The number of primary amides is 1. The van der Waals surface area contributed by atoms with E-state index >= 15 is 0 Å². The number of hydrogen-bond acceptors (Lipinski definition) is 5. The Morgan fingerprint density at radius 2 is 1.94 bits per heavy atom. The molecule has 98 valence electrons. The summed E-state index contributed by atoms with van der Waals surface area (Å²) in [6, 6.07) is -1.01. The molecule has 0 aromatic carbocycles. The summed E-state index contributed by atoms with van der Waals surface area (Å²) in [5, 5.41) is 9.86. The quantitative estimate of drug-likeness (QED) is 0.368. The van der Waals surface area contributed by atoms with Crippen LogP contribution in [0.4, 0.5) is 0 Å². The van der Waals surface area contributed by atoms with E-state index < -0.39 is 23.5 Å². The topological polar surface area (TPSA) is 131 Å². The van der Waals surface area contributed by atoms with Gasteiger partial charge in [0.05, 0.1) is 19.0 Å². The Morgan fingerprint density at radius 3 is 2.35 bits per heavy atom. The maximum absolute atomic E-state index is 11.3. The number of carbonyl (C=O) groups is 2. The van der Waals surface area contributed by atoms with Crippen LogP contribution >= 0.6 is 0 Å². The molecule has 7 nitrogen and oxygen atoms in total.